The van der Waals surface area contributed by atoms with Crippen molar-refractivity contribution in [2.75, 3.05) is 11.5 Å². The third-order valence-electron chi connectivity index (χ3n) is 1.87. The van der Waals surface area contributed by atoms with Gasteiger partial charge in [0.1, 0.15) is 11.5 Å². The Morgan fingerprint density at radius 1 is 0.647 bits per heavy atom. The maximum absolute atomic E-state index is 8.79. The Labute approximate surface area is 110 Å². The van der Waals surface area contributed by atoms with Crippen LogP contribution in [-0.2, 0) is 17.1 Å². The minimum Gasteiger partial charge on any atom is -0.506 e. The molecular weight excluding hydrogens is 260 g/mol. The molecule has 2 rings (SSSR count). The fourth-order valence-electron chi connectivity index (χ4n) is 0.975. The van der Waals surface area contributed by atoms with Gasteiger partial charge in [0.25, 0.3) is 0 Å². The number of rotatable bonds is 0. The molecule has 4 nitrogen and oxygen atoms in total. The van der Waals surface area contributed by atoms with Gasteiger partial charge in [0, 0.05) is 17.1 Å². The summed E-state index contributed by atoms with van der Waals surface area (Å²) < 4.78 is 0. The van der Waals surface area contributed by atoms with E-state index in [2.05, 4.69) is 0 Å². The van der Waals surface area contributed by atoms with Gasteiger partial charge in [-0.1, -0.05) is 24.3 Å². The van der Waals surface area contributed by atoms with Crippen molar-refractivity contribution in [2.45, 2.75) is 0 Å². The third kappa shape index (κ3) is 5.15. The van der Waals surface area contributed by atoms with Crippen LogP contribution in [0.5, 0.6) is 11.5 Å². The maximum Gasteiger partial charge on any atom is 0.138 e. The van der Waals surface area contributed by atoms with E-state index in [1.807, 2.05) is 0 Å². The molecule has 0 amide bonds. The monoisotopic (exact) mass is 274 g/mol. The fourth-order valence-corrected chi connectivity index (χ4v) is 0.975. The first-order chi connectivity index (χ1) is 7.61. The second-order valence-electron chi connectivity index (χ2n) is 3.12. The number of benzene rings is 2. The van der Waals surface area contributed by atoms with Gasteiger partial charge >= 0.3 is 0 Å². The van der Waals surface area contributed by atoms with Crippen LogP contribution in [0.4, 0.5) is 11.4 Å². The molecule has 0 radical (unpaired) electrons. The number of phenols is 2. The van der Waals surface area contributed by atoms with E-state index >= 15 is 0 Å². The standard InChI is InChI=1S/2C6H7NO.Fe/c2*7-5-3-1-2-4-6(5)8;/h2*1-4,8H,7H2;. The molecule has 0 saturated heterocycles. The zero-order valence-corrected chi connectivity index (χ0v) is 10.1. The molecule has 6 N–H and O–H groups in total. The summed E-state index contributed by atoms with van der Waals surface area (Å²) in [5.41, 5.74) is 11.4. The second kappa shape index (κ2) is 7.44. The van der Waals surface area contributed by atoms with Crippen molar-refractivity contribution in [1.29, 1.82) is 0 Å². The number of hydrogen-bond donors (Lipinski definition) is 4. The van der Waals surface area contributed by atoms with E-state index in [0.717, 1.165) is 0 Å². The number of nitrogens with two attached hydrogens (primary N) is 2. The van der Waals surface area contributed by atoms with Gasteiger partial charge in [-0.25, -0.2) is 0 Å². The SMILES string of the molecule is Nc1ccccc1O.Nc1ccccc1O.[Fe]. The van der Waals surface area contributed by atoms with E-state index in [1.165, 1.54) is 0 Å². The van der Waals surface area contributed by atoms with Crippen molar-refractivity contribution in [2.24, 2.45) is 0 Å². The molecule has 0 aliphatic rings. The van der Waals surface area contributed by atoms with Gasteiger partial charge in [0.15, 0.2) is 0 Å². The summed E-state index contributed by atoms with van der Waals surface area (Å²) in [6.07, 6.45) is 0. The topological polar surface area (TPSA) is 92.5 Å². The van der Waals surface area contributed by atoms with Crippen LogP contribution in [0.3, 0.4) is 0 Å². The summed E-state index contributed by atoms with van der Waals surface area (Å²) in [4.78, 5) is 0. The molecule has 0 spiro atoms. The van der Waals surface area contributed by atoms with Crippen LogP contribution >= 0.6 is 0 Å². The normalized spacial score (nSPS) is 8.47. The summed E-state index contributed by atoms with van der Waals surface area (Å²) in [6, 6.07) is 13.4. The molecule has 92 valence electrons. The van der Waals surface area contributed by atoms with Gasteiger partial charge in [0.2, 0.25) is 0 Å². The van der Waals surface area contributed by atoms with Gasteiger partial charge in [-0.15, -0.1) is 0 Å². The molecule has 2 aromatic rings. The molecule has 0 bridgehead atoms. The molecule has 0 atom stereocenters. The summed E-state index contributed by atoms with van der Waals surface area (Å²) >= 11 is 0. The number of hydrogen-bond acceptors (Lipinski definition) is 4. The van der Waals surface area contributed by atoms with Crippen molar-refractivity contribution < 1.29 is 27.3 Å². The summed E-state index contributed by atoms with van der Waals surface area (Å²) in [6.45, 7) is 0. The van der Waals surface area contributed by atoms with Crippen molar-refractivity contribution >= 4 is 11.4 Å². The van der Waals surface area contributed by atoms with Crippen LogP contribution in [0.2, 0.25) is 0 Å². The van der Waals surface area contributed by atoms with Gasteiger partial charge in [-0.3, -0.25) is 0 Å². The van der Waals surface area contributed by atoms with E-state index < -0.39 is 0 Å². The first-order valence-corrected chi connectivity index (χ1v) is 4.68. The number of anilines is 2. The first-order valence-electron chi connectivity index (χ1n) is 4.68. The van der Waals surface area contributed by atoms with Gasteiger partial charge < -0.3 is 21.7 Å². The minimum absolute atomic E-state index is 0. The third-order valence-corrected chi connectivity index (χ3v) is 1.87. The second-order valence-corrected chi connectivity index (χ2v) is 3.12. The Morgan fingerprint density at radius 3 is 1.12 bits per heavy atom. The molecule has 17 heavy (non-hydrogen) atoms. The largest absolute Gasteiger partial charge is 0.506 e. The average molecular weight is 274 g/mol. The average Bonchev–Trinajstić information content (AvgIpc) is 2.28. The maximum atomic E-state index is 8.79. The number of para-hydroxylation sites is 4. The van der Waals surface area contributed by atoms with Crippen LogP contribution < -0.4 is 11.5 Å². The first kappa shape index (κ1) is 15.2. The molecule has 0 aliphatic carbocycles. The Morgan fingerprint density at radius 2 is 0.941 bits per heavy atom. The van der Waals surface area contributed by atoms with Crippen molar-refractivity contribution in [3.8, 4) is 11.5 Å². The Kier molecular flexibility index (Phi) is 6.63. The molecule has 0 fully saturated rings. The van der Waals surface area contributed by atoms with Crippen molar-refractivity contribution in [1.82, 2.24) is 0 Å². The van der Waals surface area contributed by atoms with E-state index in [4.69, 9.17) is 21.7 Å². The van der Waals surface area contributed by atoms with Crippen molar-refractivity contribution in [3.05, 3.63) is 48.5 Å². The fraction of sp³-hybridized carbons (Fsp3) is 0. The van der Waals surface area contributed by atoms with Crippen LogP contribution in [0.1, 0.15) is 0 Å². The summed E-state index contributed by atoms with van der Waals surface area (Å²) in [5, 5.41) is 17.6. The van der Waals surface area contributed by atoms with Crippen LogP contribution in [-0.4, -0.2) is 10.2 Å². The quantitative estimate of drug-likeness (QED) is 0.335. The molecule has 2 aromatic carbocycles. The molecule has 5 heteroatoms. The molecule has 0 saturated carbocycles. The smallest absolute Gasteiger partial charge is 0.138 e. The van der Waals surface area contributed by atoms with Gasteiger partial charge in [-0.2, -0.15) is 0 Å². The van der Waals surface area contributed by atoms with E-state index in [0.29, 0.717) is 11.4 Å². The van der Waals surface area contributed by atoms with E-state index in [9.17, 15) is 0 Å². The zero-order valence-electron chi connectivity index (χ0n) is 9.02. The predicted octanol–water partition coefficient (Wildman–Crippen LogP) is 1.95. The van der Waals surface area contributed by atoms with Gasteiger partial charge in [0.05, 0.1) is 11.4 Å². The minimum atomic E-state index is 0. The van der Waals surface area contributed by atoms with Gasteiger partial charge in [-0.05, 0) is 24.3 Å². The van der Waals surface area contributed by atoms with Crippen LogP contribution in [0.25, 0.3) is 0 Å². The Bertz CT molecular complexity index is 378. The number of aromatic hydroxyl groups is 2. The Balaban J connectivity index is 0.000000284. The van der Waals surface area contributed by atoms with E-state index in [-0.39, 0.29) is 28.6 Å². The van der Waals surface area contributed by atoms with Crippen LogP contribution in [0, 0.1) is 0 Å². The van der Waals surface area contributed by atoms with Crippen LogP contribution in [0.15, 0.2) is 48.5 Å². The predicted molar refractivity (Wildman–Crippen MR) is 65.0 cm³/mol. The molecular formula is C12H14FeN2O2. The summed E-state index contributed by atoms with van der Waals surface area (Å²) in [7, 11) is 0. The molecule has 0 aromatic heterocycles. The summed E-state index contributed by atoms with van der Waals surface area (Å²) in [5.74, 6) is 0.292. The number of nitrogen functional groups attached to an aromatic ring is 2. The molecule has 0 heterocycles. The molecule has 0 unspecified atom stereocenters. The number of phenolic OH excluding ortho intramolecular Hbond substituents is 2. The zero-order chi connectivity index (χ0) is 12.0. The molecule has 0 aliphatic heterocycles. The van der Waals surface area contributed by atoms with Crippen molar-refractivity contribution in [3.63, 3.8) is 0 Å². The van der Waals surface area contributed by atoms with E-state index in [1.54, 1.807) is 48.5 Å². The Hall–Kier alpha value is -1.84.